The summed E-state index contributed by atoms with van der Waals surface area (Å²) < 4.78 is 1.51. The molecule has 2 amide bonds. The molecule has 9 nitrogen and oxygen atoms in total. The maximum absolute atomic E-state index is 12.2. The van der Waals surface area contributed by atoms with E-state index >= 15 is 0 Å². The summed E-state index contributed by atoms with van der Waals surface area (Å²) in [6.45, 7) is 1.68. The third-order valence-electron chi connectivity index (χ3n) is 4.50. The second-order valence-electron chi connectivity index (χ2n) is 6.72. The average Bonchev–Trinajstić information content (AvgIpc) is 3.13. The highest BCUT2D eigenvalue weighted by Gasteiger charge is 2.46. The first-order chi connectivity index (χ1) is 14.0. The summed E-state index contributed by atoms with van der Waals surface area (Å²) in [6.07, 6.45) is 3.06. The van der Waals surface area contributed by atoms with Gasteiger partial charge in [-0.05, 0) is 38.0 Å². The number of nitrogens with zero attached hydrogens (tertiary/aromatic N) is 5. The van der Waals surface area contributed by atoms with Gasteiger partial charge in [0.05, 0.1) is 18.3 Å². The summed E-state index contributed by atoms with van der Waals surface area (Å²) in [5.74, 6) is -0.872. The number of thiazole rings is 1. The Hall–Kier alpha value is -3.58. The maximum atomic E-state index is 12.2. The van der Waals surface area contributed by atoms with Crippen LogP contribution >= 0.6 is 11.3 Å². The summed E-state index contributed by atoms with van der Waals surface area (Å²) in [6, 6.07) is 9.39. The molecule has 10 heteroatoms. The highest BCUT2D eigenvalue weighted by Crippen LogP contribution is 2.42. The molecule has 1 aliphatic carbocycles. The molecule has 0 radical (unpaired) electrons. The lowest BCUT2D eigenvalue weighted by Crippen LogP contribution is -2.33. The maximum Gasteiger partial charge on any atom is 0.272 e. The molecule has 29 heavy (non-hydrogen) atoms. The predicted molar refractivity (Wildman–Crippen MR) is 106 cm³/mol. The van der Waals surface area contributed by atoms with Crippen LogP contribution < -0.4 is 10.6 Å². The van der Waals surface area contributed by atoms with Crippen molar-refractivity contribution >= 4 is 28.3 Å². The molecule has 3 aromatic rings. The van der Waals surface area contributed by atoms with Crippen LogP contribution in [0.3, 0.4) is 0 Å². The Labute approximate surface area is 170 Å². The number of rotatable bonds is 6. The van der Waals surface area contributed by atoms with Crippen LogP contribution in [0.2, 0.25) is 0 Å². The van der Waals surface area contributed by atoms with Gasteiger partial charge < -0.3 is 10.6 Å². The fraction of sp³-hybridized carbons (Fsp3) is 0.263. The monoisotopic (exact) mass is 407 g/mol. The molecule has 0 unspecified atom stereocenters. The Morgan fingerprint density at radius 2 is 2.10 bits per heavy atom. The predicted octanol–water partition coefficient (Wildman–Crippen LogP) is 2.09. The number of aryl methyl sites for hydroxylation is 1. The Kier molecular flexibility index (Phi) is 4.82. The van der Waals surface area contributed by atoms with Gasteiger partial charge >= 0.3 is 0 Å². The number of hydrogen-bond donors (Lipinski definition) is 2. The minimum absolute atomic E-state index is 0.168. The van der Waals surface area contributed by atoms with E-state index in [0.29, 0.717) is 10.8 Å². The highest BCUT2D eigenvalue weighted by molar-refractivity contribution is 7.14. The minimum Gasteiger partial charge on any atom is -0.342 e. The number of pyridine rings is 1. The highest BCUT2D eigenvalue weighted by atomic mass is 32.1. The Bertz CT molecular complexity index is 1120. The molecule has 0 aliphatic heterocycles. The average molecular weight is 407 g/mol. The molecular formula is C19H17N7O2S. The molecule has 4 rings (SSSR count). The first kappa shape index (κ1) is 18.8. The molecule has 1 saturated carbocycles. The van der Waals surface area contributed by atoms with Crippen molar-refractivity contribution in [3.63, 3.8) is 0 Å². The summed E-state index contributed by atoms with van der Waals surface area (Å²) in [5, 5.41) is 20.8. The fourth-order valence-electron chi connectivity index (χ4n) is 2.74. The first-order valence-corrected chi connectivity index (χ1v) is 9.82. The largest absolute Gasteiger partial charge is 0.342 e. The van der Waals surface area contributed by atoms with E-state index in [1.165, 1.54) is 22.1 Å². The molecule has 146 valence electrons. The Balaban J connectivity index is 1.31. The quantitative estimate of drug-likeness (QED) is 0.644. The van der Waals surface area contributed by atoms with Crippen LogP contribution in [0, 0.1) is 18.3 Å². The summed E-state index contributed by atoms with van der Waals surface area (Å²) in [5.41, 5.74) is 1.84. The molecule has 2 N–H and O–H groups in total. The lowest BCUT2D eigenvalue weighted by molar-refractivity contribution is -0.115. The molecule has 3 heterocycles. The fourth-order valence-corrected chi connectivity index (χ4v) is 3.46. The van der Waals surface area contributed by atoms with Crippen molar-refractivity contribution in [1.82, 2.24) is 25.1 Å². The van der Waals surface area contributed by atoms with Crippen molar-refractivity contribution in [1.29, 1.82) is 5.26 Å². The number of nitrogens with one attached hydrogen (secondary N) is 2. The van der Waals surface area contributed by atoms with Crippen LogP contribution in [0.15, 0.2) is 35.8 Å². The van der Waals surface area contributed by atoms with Crippen LogP contribution in [0.25, 0.3) is 11.4 Å². The van der Waals surface area contributed by atoms with Gasteiger partial charge in [0.15, 0.2) is 5.13 Å². The molecule has 0 spiro atoms. The third kappa shape index (κ3) is 4.00. The van der Waals surface area contributed by atoms with Crippen molar-refractivity contribution < 1.29 is 9.59 Å². The Morgan fingerprint density at radius 1 is 1.28 bits per heavy atom. The van der Waals surface area contributed by atoms with Crippen LogP contribution in [-0.4, -0.2) is 38.1 Å². The molecule has 1 aliphatic rings. The molecular weight excluding hydrogens is 390 g/mol. The van der Waals surface area contributed by atoms with Gasteiger partial charge in [0.1, 0.15) is 16.9 Å². The van der Waals surface area contributed by atoms with E-state index in [0.717, 1.165) is 24.2 Å². The normalized spacial score (nSPS) is 14.1. The van der Waals surface area contributed by atoms with Crippen LogP contribution in [0.5, 0.6) is 0 Å². The van der Waals surface area contributed by atoms with Crippen LogP contribution in [-0.2, 0) is 10.3 Å². The summed E-state index contributed by atoms with van der Waals surface area (Å²) >= 11 is 1.28. The minimum atomic E-state index is -0.620. The van der Waals surface area contributed by atoms with Gasteiger partial charge in [0.25, 0.3) is 5.91 Å². The van der Waals surface area contributed by atoms with E-state index in [-0.39, 0.29) is 12.2 Å². The van der Waals surface area contributed by atoms with E-state index in [2.05, 4.69) is 31.8 Å². The zero-order chi connectivity index (χ0) is 20.4. The van der Waals surface area contributed by atoms with E-state index in [9.17, 15) is 14.9 Å². The molecule has 1 fully saturated rings. The second kappa shape index (κ2) is 7.44. The van der Waals surface area contributed by atoms with Crippen molar-refractivity contribution in [2.24, 2.45) is 0 Å². The van der Waals surface area contributed by atoms with E-state index < -0.39 is 17.4 Å². The molecule has 0 saturated heterocycles. The number of carbonyl (C=O) groups excluding carboxylic acids is 2. The standard InChI is InChI=1S/C19H17N7O2S/c1-12-3-2-4-13(22-12)15-10-29-18(23-15)24-16(27)9-21-17(28)14-5-8-26(25-14)19(11-20)6-7-19/h2-5,8,10H,6-7,9H2,1H3,(H,21,28)(H,23,24,27). The van der Waals surface area contributed by atoms with Gasteiger partial charge in [-0.15, -0.1) is 11.3 Å². The topological polar surface area (TPSA) is 126 Å². The first-order valence-electron chi connectivity index (χ1n) is 8.94. The van der Waals surface area contributed by atoms with E-state index in [1.54, 1.807) is 6.20 Å². The van der Waals surface area contributed by atoms with Gasteiger partial charge in [-0.1, -0.05) is 6.07 Å². The van der Waals surface area contributed by atoms with Crippen molar-refractivity contribution in [2.45, 2.75) is 25.3 Å². The SMILES string of the molecule is Cc1cccc(-c2csc(NC(=O)CNC(=O)c3ccn(C4(C#N)CC4)n3)n2)n1. The van der Waals surface area contributed by atoms with Crippen molar-refractivity contribution in [3.05, 3.63) is 47.2 Å². The van der Waals surface area contributed by atoms with Crippen LogP contribution in [0.4, 0.5) is 5.13 Å². The zero-order valence-electron chi connectivity index (χ0n) is 15.5. The number of nitriles is 1. The van der Waals surface area contributed by atoms with Gasteiger partial charge in [-0.25, -0.2) is 4.98 Å². The zero-order valence-corrected chi connectivity index (χ0v) is 16.4. The molecule has 0 bridgehead atoms. The molecule has 0 aromatic carbocycles. The van der Waals surface area contributed by atoms with Crippen molar-refractivity contribution in [2.75, 3.05) is 11.9 Å². The Morgan fingerprint density at radius 3 is 2.83 bits per heavy atom. The number of anilines is 1. The number of aromatic nitrogens is 4. The summed E-state index contributed by atoms with van der Waals surface area (Å²) in [7, 11) is 0. The van der Waals surface area contributed by atoms with Crippen LogP contribution in [0.1, 0.15) is 29.0 Å². The number of hydrogen-bond acceptors (Lipinski definition) is 7. The lowest BCUT2D eigenvalue weighted by atomic mass is 10.3. The van der Waals surface area contributed by atoms with Gasteiger partial charge in [-0.3, -0.25) is 19.3 Å². The number of carbonyl (C=O) groups is 2. The summed E-state index contributed by atoms with van der Waals surface area (Å²) in [4.78, 5) is 33.1. The van der Waals surface area contributed by atoms with E-state index in [1.807, 2.05) is 30.5 Å². The van der Waals surface area contributed by atoms with Gasteiger partial charge in [0, 0.05) is 17.3 Å². The molecule has 0 atom stereocenters. The van der Waals surface area contributed by atoms with Gasteiger partial charge in [0.2, 0.25) is 5.91 Å². The third-order valence-corrected chi connectivity index (χ3v) is 5.26. The van der Waals surface area contributed by atoms with Crippen molar-refractivity contribution in [3.8, 4) is 17.5 Å². The number of amides is 2. The second-order valence-corrected chi connectivity index (χ2v) is 7.58. The lowest BCUT2D eigenvalue weighted by Gasteiger charge is -2.05. The smallest absolute Gasteiger partial charge is 0.272 e. The van der Waals surface area contributed by atoms with E-state index in [4.69, 9.17) is 0 Å². The van der Waals surface area contributed by atoms with Gasteiger partial charge in [-0.2, -0.15) is 10.4 Å². The molecule has 3 aromatic heterocycles.